The molecule has 0 heterocycles. The SMILES string of the molecule is CCc1ccc(C(=O)NCCC(C)C)cc1S(N)(=O)=O. The second-order valence-corrected chi connectivity index (χ2v) is 6.69. The van der Waals surface area contributed by atoms with E-state index >= 15 is 0 Å². The molecule has 112 valence electrons. The predicted molar refractivity (Wildman–Crippen MR) is 79.0 cm³/mol. The molecular weight excluding hydrogens is 276 g/mol. The molecule has 0 spiro atoms. The van der Waals surface area contributed by atoms with E-state index in [0.717, 1.165) is 6.42 Å². The van der Waals surface area contributed by atoms with Gasteiger partial charge in [0.05, 0.1) is 4.90 Å². The first kappa shape index (κ1) is 16.7. The number of aryl methyl sites for hydroxylation is 1. The lowest BCUT2D eigenvalue weighted by atomic mass is 10.1. The third-order valence-electron chi connectivity index (χ3n) is 3.02. The highest BCUT2D eigenvalue weighted by Gasteiger charge is 2.16. The van der Waals surface area contributed by atoms with Gasteiger partial charge in [-0.1, -0.05) is 26.8 Å². The van der Waals surface area contributed by atoms with Gasteiger partial charge in [0.1, 0.15) is 0 Å². The topological polar surface area (TPSA) is 89.3 Å². The number of carbonyl (C=O) groups excluding carboxylic acids is 1. The summed E-state index contributed by atoms with van der Waals surface area (Å²) in [7, 11) is -3.82. The first-order chi connectivity index (χ1) is 9.25. The average molecular weight is 298 g/mol. The number of amides is 1. The molecule has 1 aromatic carbocycles. The lowest BCUT2D eigenvalue weighted by Gasteiger charge is -2.10. The standard InChI is InChI=1S/C14H22N2O3S/c1-4-11-5-6-12(9-13(11)20(15,18)19)14(17)16-8-7-10(2)3/h5-6,9-10H,4,7-8H2,1-3H3,(H,16,17)(H2,15,18,19). The van der Waals surface area contributed by atoms with Crippen molar-refractivity contribution < 1.29 is 13.2 Å². The van der Waals surface area contributed by atoms with Crippen LogP contribution in [0.1, 0.15) is 43.1 Å². The fourth-order valence-electron chi connectivity index (χ4n) is 1.83. The van der Waals surface area contributed by atoms with Crippen molar-refractivity contribution in [2.75, 3.05) is 6.54 Å². The number of rotatable bonds is 6. The van der Waals surface area contributed by atoms with Crippen molar-refractivity contribution in [2.45, 2.75) is 38.5 Å². The lowest BCUT2D eigenvalue weighted by Crippen LogP contribution is -2.26. The van der Waals surface area contributed by atoms with E-state index in [0.29, 0.717) is 30.0 Å². The molecule has 3 N–H and O–H groups in total. The van der Waals surface area contributed by atoms with Crippen molar-refractivity contribution in [2.24, 2.45) is 11.1 Å². The molecule has 5 nitrogen and oxygen atoms in total. The summed E-state index contributed by atoms with van der Waals surface area (Å²) in [5.41, 5.74) is 0.932. The van der Waals surface area contributed by atoms with Crippen molar-refractivity contribution in [3.8, 4) is 0 Å². The van der Waals surface area contributed by atoms with Crippen molar-refractivity contribution in [1.82, 2.24) is 5.32 Å². The molecule has 0 atom stereocenters. The Balaban J connectivity index is 2.95. The maximum atomic E-state index is 12.0. The molecule has 6 heteroatoms. The van der Waals surface area contributed by atoms with E-state index in [1.807, 2.05) is 6.92 Å². The Morgan fingerprint density at radius 1 is 1.35 bits per heavy atom. The zero-order chi connectivity index (χ0) is 15.3. The van der Waals surface area contributed by atoms with E-state index in [1.165, 1.54) is 6.07 Å². The minimum atomic E-state index is -3.82. The highest BCUT2D eigenvalue weighted by atomic mass is 32.2. The zero-order valence-corrected chi connectivity index (χ0v) is 13.0. The zero-order valence-electron chi connectivity index (χ0n) is 12.1. The van der Waals surface area contributed by atoms with Gasteiger partial charge in [-0.25, -0.2) is 13.6 Å². The van der Waals surface area contributed by atoms with Crippen molar-refractivity contribution in [3.63, 3.8) is 0 Å². The summed E-state index contributed by atoms with van der Waals surface area (Å²) >= 11 is 0. The second kappa shape index (κ2) is 6.85. The van der Waals surface area contributed by atoms with Gasteiger partial charge in [-0.2, -0.15) is 0 Å². The van der Waals surface area contributed by atoms with Gasteiger partial charge in [-0.3, -0.25) is 4.79 Å². The second-order valence-electron chi connectivity index (χ2n) is 5.16. The number of nitrogens with two attached hydrogens (primary N) is 1. The van der Waals surface area contributed by atoms with E-state index in [1.54, 1.807) is 12.1 Å². The van der Waals surface area contributed by atoms with Crippen molar-refractivity contribution in [3.05, 3.63) is 29.3 Å². The van der Waals surface area contributed by atoms with Crippen LogP contribution in [0.3, 0.4) is 0 Å². The molecule has 0 bridgehead atoms. The van der Waals surface area contributed by atoms with Gasteiger partial charge in [-0.15, -0.1) is 0 Å². The molecule has 0 saturated carbocycles. The molecule has 0 aliphatic carbocycles. The summed E-state index contributed by atoms with van der Waals surface area (Å²) in [5.74, 6) is 0.218. The van der Waals surface area contributed by atoms with Crippen LogP contribution in [-0.2, 0) is 16.4 Å². The van der Waals surface area contributed by atoms with Gasteiger partial charge in [0, 0.05) is 12.1 Å². The van der Waals surface area contributed by atoms with E-state index in [-0.39, 0.29) is 10.8 Å². The number of hydrogen-bond acceptors (Lipinski definition) is 3. The third kappa shape index (κ3) is 4.61. The predicted octanol–water partition coefficient (Wildman–Crippen LogP) is 1.67. The number of hydrogen-bond donors (Lipinski definition) is 2. The minimum Gasteiger partial charge on any atom is -0.352 e. The summed E-state index contributed by atoms with van der Waals surface area (Å²) < 4.78 is 23.1. The smallest absolute Gasteiger partial charge is 0.251 e. The van der Waals surface area contributed by atoms with Crippen LogP contribution >= 0.6 is 0 Å². The van der Waals surface area contributed by atoms with Crippen LogP contribution in [0, 0.1) is 5.92 Å². The number of primary sulfonamides is 1. The van der Waals surface area contributed by atoms with Crippen LogP contribution < -0.4 is 10.5 Å². The molecule has 1 rings (SSSR count). The Kier molecular flexibility index (Phi) is 5.71. The molecule has 0 saturated heterocycles. The maximum Gasteiger partial charge on any atom is 0.251 e. The van der Waals surface area contributed by atoms with Crippen LogP contribution in [0.4, 0.5) is 0 Å². The molecule has 0 unspecified atom stereocenters. The summed E-state index contributed by atoms with van der Waals surface area (Å²) in [6.45, 7) is 6.55. The molecule has 1 aromatic rings. The van der Waals surface area contributed by atoms with Gasteiger partial charge in [0.25, 0.3) is 5.91 Å². The summed E-state index contributed by atoms with van der Waals surface area (Å²) in [6, 6.07) is 4.61. The fourth-order valence-corrected chi connectivity index (χ4v) is 2.70. The molecule has 20 heavy (non-hydrogen) atoms. The number of benzene rings is 1. The molecule has 0 radical (unpaired) electrons. The van der Waals surface area contributed by atoms with Gasteiger partial charge < -0.3 is 5.32 Å². The Bertz CT molecular complexity index is 580. The van der Waals surface area contributed by atoms with Crippen LogP contribution in [-0.4, -0.2) is 20.9 Å². The minimum absolute atomic E-state index is 0.0245. The number of carbonyl (C=O) groups is 1. The molecule has 0 aromatic heterocycles. The van der Waals surface area contributed by atoms with E-state index in [2.05, 4.69) is 19.2 Å². The Labute approximate surface area is 120 Å². The third-order valence-corrected chi connectivity index (χ3v) is 4.02. The van der Waals surface area contributed by atoms with Gasteiger partial charge in [0.15, 0.2) is 0 Å². The maximum absolute atomic E-state index is 12.0. The molecular formula is C14H22N2O3S. The number of sulfonamides is 1. The normalized spacial score (nSPS) is 11.7. The van der Waals surface area contributed by atoms with Gasteiger partial charge >= 0.3 is 0 Å². The van der Waals surface area contributed by atoms with Gasteiger partial charge in [0.2, 0.25) is 10.0 Å². The van der Waals surface area contributed by atoms with E-state index in [9.17, 15) is 13.2 Å². The monoisotopic (exact) mass is 298 g/mol. The van der Waals surface area contributed by atoms with Crippen LogP contribution in [0.25, 0.3) is 0 Å². The summed E-state index contributed by atoms with van der Waals surface area (Å²) in [4.78, 5) is 12.0. The first-order valence-electron chi connectivity index (χ1n) is 6.69. The van der Waals surface area contributed by atoms with Crippen LogP contribution in [0.5, 0.6) is 0 Å². The Morgan fingerprint density at radius 2 is 2.00 bits per heavy atom. The molecule has 0 aliphatic heterocycles. The highest BCUT2D eigenvalue weighted by Crippen LogP contribution is 2.17. The molecule has 1 amide bonds. The molecule has 0 fully saturated rings. The van der Waals surface area contributed by atoms with Crippen molar-refractivity contribution >= 4 is 15.9 Å². The van der Waals surface area contributed by atoms with Gasteiger partial charge in [-0.05, 0) is 36.5 Å². The van der Waals surface area contributed by atoms with E-state index in [4.69, 9.17) is 5.14 Å². The number of nitrogens with one attached hydrogen (secondary N) is 1. The fraction of sp³-hybridized carbons (Fsp3) is 0.500. The Morgan fingerprint density at radius 3 is 2.50 bits per heavy atom. The molecule has 0 aliphatic rings. The average Bonchev–Trinajstić information content (AvgIpc) is 2.36. The van der Waals surface area contributed by atoms with Crippen LogP contribution in [0.2, 0.25) is 0 Å². The van der Waals surface area contributed by atoms with E-state index < -0.39 is 10.0 Å². The lowest BCUT2D eigenvalue weighted by molar-refractivity contribution is 0.0952. The first-order valence-corrected chi connectivity index (χ1v) is 8.24. The van der Waals surface area contributed by atoms with Crippen LogP contribution in [0.15, 0.2) is 23.1 Å². The highest BCUT2D eigenvalue weighted by molar-refractivity contribution is 7.89. The van der Waals surface area contributed by atoms with Crippen molar-refractivity contribution in [1.29, 1.82) is 0 Å². The largest absolute Gasteiger partial charge is 0.352 e. The summed E-state index contributed by atoms with van der Waals surface area (Å²) in [6.07, 6.45) is 1.42. The summed E-state index contributed by atoms with van der Waals surface area (Å²) in [5, 5.41) is 7.95. The Hall–Kier alpha value is -1.40. The quantitative estimate of drug-likeness (QED) is 0.837.